The smallest absolute Gasteiger partial charge is 0.323 e. The Bertz CT molecular complexity index is 382. The van der Waals surface area contributed by atoms with Gasteiger partial charge in [0.15, 0.2) is 11.3 Å². The van der Waals surface area contributed by atoms with E-state index in [0.29, 0.717) is 0 Å². The van der Waals surface area contributed by atoms with Crippen molar-refractivity contribution in [1.29, 1.82) is 0 Å². The summed E-state index contributed by atoms with van der Waals surface area (Å²) >= 11 is 0. The van der Waals surface area contributed by atoms with Crippen molar-refractivity contribution in [3.8, 4) is 0 Å². The number of hydrogen-bond donors (Lipinski definition) is 0. The van der Waals surface area contributed by atoms with E-state index in [-0.39, 0.29) is 6.42 Å². The lowest BCUT2D eigenvalue weighted by Gasteiger charge is -2.28. The maximum absolute atomic E-state index is 12.0. The molecule has 0 unspecified atom stereocenters. The fourth-order valence-corrected chi connectivity index (χ4v) is 1.84. The minimum absolute atomic E-state index is 0.267. The molecule has 0 aliphatic rings. The molecule has 0 N–H and O–H groups in total. The molecule has 0 saturated heterocycles. The van der Waals surface area contributed by atoms with Gasteiger partial charge in [-0.05, 0) is 12.8 Å². The van der Waals surface area contributed by atoms with Crippen LogP contribution in [0.25, 0.3) is 0 Å². The minimum Gasteiger partial charge on any atom is -0.468 e. The van der Waals surface area contributed by atoms with Gasteiger partial charge in [-0.3, -0.25) is 19.2 Å². The van der Waals surface area contributed by atoms with Crippen LogP contribution in [0.3, 0.4) is 0 Å². The molecule has 0 heterocycles. The lowest BCUT2D eigenvalue weighted by Crippen LogP contribution is -2.45. The molecule has 8 heteroatoms. The van der Waals surface area contributed by atoms with Crippen molar-refractivity contribution in [2.24, 2.45) is 11.3 Å². The molecule has 0 aliphatic carbocycles. The minimum atomic E-state index is -1.89. The average molecular weight is 303 g/mol. The number of esters is 4. The van der Waals surface area contributed by atoms with Crippen molar-refractivity contribution in [1.82, 2.24) is 0 Å². The number of carbonyl (C=O) groups excluding carboxylic acids is 4. The van der Waals surface area contributed by atoms with Gasteiger partial charge < -0.3 is 18.9 Å². The van der Waals surface area contributed by atoms with E-state index in [0.717, 1.165) is 28.4 Å². The van der Waals surface area contributed by atoms with Gasteiger partial charge in [-0.15, -0.1) is 0 Å². The lowest BCUT2D eigenvalue weighted by atomic mass is 9.76. The standard InChI is InChI=1S/C13H19O8/c1-6-13(11(16)20-4,12(17)21-5)7-8(9(14)18-2)10(15)19-3/h8H,1,6-7H2,2-5H3. The highest BCUT2D eigenvalue weighted by Crippen LogP contribution is 2.34. The van der Waals surface area contributed by atoms with Crippen LogP contribution in [-0.2, 0) is 38.1 Å². The Morgan fingerprint density at radius 3 is 1.48 bits per heavy atom. The van der Waals surface area contributed by atoms with E-state index in [9.17, 15) is 19.2 Å². The third kappa shape index (κ3) is 3.93. The molecule has 0 fully saturated rings. The predicted octanol–water partition coefficient (Wildman–Crippen LogP) is -0.105. The quantitative estimate of drug-likeness (QED) is 0.364. The molecule has 119 valence electrons. The van der Waals surface area contributed by atoms with Crippen molar-refractivity contribution in [2.45, 2.75) is 12.8 Å². The van der Waals surface area contributed by atoms with Crippen LogP contribution in [0.5, 0.6) is 0 Å². The highest BCUT2D eigenvalue weighted by atomic mass is 16.6. The largest absolute Gasteiger partial charge is 0.468 e. The summed E-state index contributed by atoms with van der Waals surface area (Å²) in [6.07, 6.45) is -0.786. The number of rotatable bonds is 7. The first-order valence-electron chi connectivity index (χ1n) is 5.96. The molecule has 1 radical (unpaired) electrons. The van der Waals surface area contributed by atoms with Crippen molar-refractivity contribution < 1.29 is 38.1 Å². The first kappa shape index (κ1) is 18.9. The van der Waals surface area contributed by atoms with Crippen LogP contribution < -0.4 is 0 Å². The fourth-order valence-electron chi connectivity index (χ4n) is 1.84. The zero-order chi connectivity index (χ0) is 16.6. The SMILES string of the molecule is [CH2]CC(CC(C(=O)OC)C(=O)OC)(C(=O)OC)C(=O)OC. The summed E-state index contributed by atoms with van der Waals surface area (Å²) in [6.45, 7) is 3.51. The van der Waals surface area contributed by atoms with E-state index in [1.807, 2.05) is 0 Å². The normalized spacial score (nSPS) is 10.8. The number of methoxy groups -OCH3 is 4. The second kappa shape index (κ2) is 8.23. The summed E-state index contributed by atoms with van der Waals surface area (Å²) in [4.78, 5) is 47.3. The first-order chi connectivity index (χ1) is 9.84. The first-order valence-corrected chi connectivity index (χ1v) is 5.96. The van der Waals surface area contributed by atoms with Crippen molar-refractivity contribution in [3.63, 3.8) is 0 Å². The topological polar surface area (TPSA) is 105 Å². The summed E-state index contributed by atoms with van der Waals surface area (Å²) in [5.41, 5.74) is -1.89. The summed E-state index contributed by atoms with van der Waals surface area (Å²) in [5.74, 6) is -5.26. The molecule has 8 nitrogen and oxygen atoms in total. The molecule has 0 amide bonds. The van der Waals surface area contributed by atoms with Crippen molar-refractivity contribution in [3.05, 3.63) is 6.92 Å². The maximum Gasteiger partial charge on any atom is 0.323 e. The highest BCUT2D eigenvalue weighted by molar-refractivity contribution is 6.02. The van der Waals surface area contributed by atoms with E-state index in [1.54, 1.807) is 0 Å². The van der Waals surface area contributed by atoms with Gasteiger partial charge >= 0.3 is 23.9 Å². The van der Waals surface area contributed by atoms with Gasteiger partial charge in [-0.1, -0.05) is 6.92 Å². The van der Waals surface area contributed by atoms with Gasteiger partial charge in [0, 0.05) is 0 Å². The summed E-state index contributed by atoms with van der Waals surface area (Å²) < 4.78 is 18.1. The Labute approximate surface area is 122 Å². The molecular weight excluding hydrogens is 284 g/mol. The molecule has 0 aromatic heterocycles. The molecule has 0 aromatic rings. The van der Waals surface area contributed by atoms with Gasteiger partial charge in [-0.25, -0.2) is 0 Å². The maximum atomic E-state index is 12.0. The molecule has 0 atom stereocenters. The number of ether oxygens (including phenoxy) is 4. The Morgan fingerprint density at radius 2 is 1.24 bits per heavy atom. The monoisotopic (exact) mass is 303 g/mol. The Morgan fingerprint density at radius 1 is 0.857 bits per heavy atom. The predicted molar refractivity (Wildman–Crippen MR) is 68.6 cm³/mol. The third-order valence-corrected chi connectivity index (χ3v) is 3.10. The van der Waals surface area contributed by atoms with Gasteiger partial charge in [-0.2, -0.15) is 0 Å². The molecule has 0 rings (SSSR count). The molecule has 21 heavy (non-hydrogen) atoms. The van der Waals surface area contributed by atoms with Crippen molar-refractivity contribution in [2.75, 3.05) is 28.4 Å². The zero-order valence-electron chi connectivity index (χ0n) is 12.5. The second-order valence-electron chi connectivity index (χ2n) is 4.12. The summed E-state index contributed by atoms with van der Waals surface area (Å²) in [7, 11) is 4.28. The molecular formula is C13H19O8. The Balaban J connectivity index is 5.72. The Kier molecular flexibility index (Phi) is 7.40. The van der Waals surface area contributed by atoms with Gasteiger partial charge in [0.2, 0.25) is 0 Å². The number of carbonyl (C=O) groups is 4. The zero-order valence-corrected chi connectivity index (χ0v) is 12.5. The lowest BCUT2D eigenvalue weighted by molar-refractivity contribution is -0.173. The molecule has 0 spiro atoms. The van der Waals surface area contributed by atoms with Crippen LogP contribution in [0.15, 0.2) is 0 Å². The van der Waals surface area contributed by atoms with Crippen LogP contribution >= 0.6 is 0 Å². The second-order valence-corrected chi connectivity index (χ2v) is 4.12. The van der Waals surface area contributed by atoms with E-state index < -0.39 is 41.6 Å². The fraction of sp³-hybridized carbons (Fsp3) is 0.615. The van der Waals surface area contributed by atoms with Crippen LogP contribution in [0, 0.1) is 18.3 Å². The molecule has 0 aliphatic heterocycles. The molecule has 0 bridgehead atoms. The molecule has 0 saturated carbocycles. The van der Waals surface area contributed by atoms with Crippen LogP contribution in [0.1, 0.15) is 12.8 Å². The van der Waals surface area contributed by atoms with Crippen LogP contribution in [0.2, 0.25) is 0 Å². The van der Waals surface area contributed by atoms with Gasteiger partial charge in [0.05, 0.1) is 28.4 Å². The van der Waals surface area contributed by atoms with Gasteiger partial charge in [0.1, 0.15) is 0 Å². The van der Waals surface area contributed by atoms with Crippen LogP contribution in [-0.4, -0.2) is 52.3 Å². The highest BCUT2D eigenvalue weighted by Gasteiger charge is 2.51. The third-order valence-electron chi connectivity index (χ3n) is 3.10. The van der Waals surface area contributed by atoms with Crippen molar-refractivity contribution >= 4 is 23.9 Å². The Hall–Kier alpha value is -2.12. The van der Waals surface area contributed by atoms with E-state index in [4.69, 9.17) is 0 Å². The summed E-state index contributed by atoms with van der Waals surface area (Å²) in [5, 5.41) is 0. The number of hydrogen-bond acceptors (Lipinski definition) is 8. The van der Waals surface area contributed by atoms with Gasteiger partial charge in [0.25, 0.3) is 0 Å². The molecule has 0 aromatic carbocycles. The van der Waals surface area contributed by atoms with E-state index in [2.05, 4.69) is 25.9 Å². The van der Waals surface area contributed by atoms with E-state index >= 15 is 0 Å². The average Bonchev–Trinajstić information content (AvgIpc) is 2.53. The van der Waals surface area contributed by atoms with Crippen LogP contribution in [0.4, 0.5) is 0 Å². The summed E-state index contributed by atoms with van der Waals surface area (Å²) in [6, 6.07) is 0. The van der Waals surface area contributed by atoms with E-state index in [1.165, 1.54) is 0 Å².